The number of carbonyl (C=O) groups is 1. The third kappa shape index (κ3) is 3.52. The van der Waals surface area contributed by atoms with E-state index in [1.54, 1.807) is 12.1 Å². The first-order chi connectivity index (χ1) is 7.45. The SMILES string of the molecule is O=C(OCl)C(Cl)Cc1cc(Br)c(O)c(Br)c1. The van der Waals surface area contributed by atoms with Gasteiger partial charge in [0.05, 0.1) is 8.95 Å². The number of phenolic OH excluding ortho intramolecular Hbond substituents is 1. The van der Waals surface area contributed by atoms with E-state index in [4.69, 9.17) is 23.5 Å². The minimum atomic E-state index is -0.860. The molecule has 0 fully saturated rings. The number of phenols is 1. The molecular formula is C9H6Br2Cl2O3. The largest absolute Gasteiger partial charge is 0.506 e. The summed E-state index contributed by atoms with van der Waals surface area (Å²) in [7, 11) is 0. The second-order valence-electron chi connectivity index (χ2n) is 2.98. The Bertz CT molecular complexity index is 389. The molecule has 0 aromatic heterocycles. The van der Waals surface area contributed by atoms with Crippen LogP contribution in [0.2, 0.25) is 0 Å². The van der Waals surface area contributed by atoms with Crippen molar-refractivity contribution in [3.63, 3.8) is 0 Å². The van der Waals surface area contributed by atoms with E-state index in [1.165, 1.54) is 0 Å². The van der Waals surface area contributed by atoms with Crippen molar-refractivity contribution in [2.75, 3.05) is 0 Å². The van der Waals surface area contributed by atoms with Gasteiger partial charge >= 0.3 is 5.97 Å². The molecule has 1 aromatic rings. The molecule has 0 bridgehead atoms. The summed E-state index contributed by atoms with van der Waals surface area (Å²) in [6, 6.07) is 3.33. The van der Waals surface area contributed by atoms with Crippen molar-refractivity contribution in [3.8, 4) is 5.75 Å². The van der Waals surface area contributed by atoms with Crippen LogP contribution in [0.25, 0.3) is 0 Å². The maximum absolute atomic E-state index is 11.0. The zero-order valence-electron chi connectivity index (χ0n) is 7.71. The molecule has 0 spiro atoms. The average Bonchev–Trinajstić information content (AvgIpc) is 2.24. The molecule has 0 aliphatic heterocycles. The molecule has 7 heteroatoms. The number of halogens is 4. The average molecular weight is 393 g/mol. The van der Waals surface area contributed by atoms with Gasteiger partial charge in [-0.3, -0.25) is 0 Å². The monoisotopic (exact) mass is 390 g/mol. The molecule has 1 atom stereocenters. The van der Waals surface area contributed by atoms with Crippen LogP contribution in [0.5, 0.6) is 5.75 Å². The number of aromatic hydroxyl groups is 1. The van der Waals surface area contributed by atoms with Gasteiger partial charge in [-0.1, -0.05) is 0 Å². The van der Waals surface area contributed by atoms with E-state index in [-0.39, 0.29) is 12.2 Å². The number of carbonyl (C=O) groups excluding carboxylic acids is 1. The predicted molar refractivity (Wildman–Crippen MR) is 68.8 cm³/mol. The molecule has 16 heavy (non-hydrogen) atoms. The summed E-state index contributed by atoms with van der Waals surface area (Å²) in [5, 5.41) is 8.62. The van der Waals surface area contributed by atoms with Gasteiger partial charge in [0.1, 0.15) is 23.0 Å². The van der Waals surface area contributed by atoms with Crippen molar-refractivity contribution in [2.24, 2.45) is 0 Å². The van der Waals surface area contributed by atoms with Crippen molar-refractivity contribution in [1.29, 1.82) is 0 Å². The summed E-state index contributed by atoms with van der Waals surface area (Å²) < 4.78 is 5.02. The Labute approximate surface area is 119 Å². The van der Waals surface area contributed by atoms with E-state index in [1.807, 2.05) is 0 Å². The Morgan fingerprint density at radius 2 is 1.94 bits per heavy atom. The summed E-state index contributed by atoms with van der Waals surface area (Å²) >= 11 is 17.0. The maximum atomic E-state index is 11.0. The van der Waals surface area contributed by atoms with Crippen LogP contribution in [0.3, 0.4) is 0 Å². The highest BCUT2D eigenvalue weighted by atomic mass is 79.9. The molecule has 0 aliphatic carbocycles. The first kappa shape index (κ1) is 14.1. The van der Waals surface area contributed by atoms with Gasteiger partial charge < -0.3 is 9.40 Å². The minimum absolute atomic E-state index is 0.0924. The molecule has 1 aromatic carbocycles. The lowest BCUT2D eigenvalue weighted by molar-refractivity contribution is -0.133. The van der Waals surface area contributed by atoms with Crippen LogP contribution in [0.4, 0.5) is 0 Å². The molecule has 0 saturated carbocycles. The predicted octanol–water partition coefficient (Wildman–Crippen LogP) is 3.76. The molecule has 0 heterocycles. The first-order valence-corrected chi connectivity index (χ1v) is 6.42. The van der Waals surface area contributed by atoms with E-state index in [0.717, 1.165) is 5.56 Å². The highest BCUT2D eigenvalue weighted by Crippen LogP contribution is 2.33. The fourth-order valence-corrected chi connectivity index (χ4v) is 2.73. The fourth-order valence-electron chi connectivity index (χ4n) is 1.07. The molecule has 1 unspecified atom stereocenters. The van der Waals surface area contributed by atoms with Gasteiger partial charge in [-0.15, -0.1) is 11.6 Å². The zero-order chi connectivity index (χ0) is 12.3. The van der Waals surface area contributed by atoms with Gasteiger partial charge in [0.2, 0.25) is 0 Å². The Morgan fingerprint density at radius 3 is 2.38 bits per heavy atom. The number of benzene rings is 1. The highest BCUT2D eigenvalue weighted by molar-refractivity contribution is 9.11. The maximum Gasteiger partial charge on any atom is 0.342 e. The van der Waals surface area contributed by atoms with E-state index >= 15 is 0 Å². The smallest absolute Gasteiger partial charge is 0.342 e. The number of alkyl halides is 1. The summed E-state index contributed by atoms with van der Waals surface area (Å²) in [5.41, 5.74) is 0.763. The summed E-state index contributed by atoms with van der Waals surface area (Å²) in [6.45, 7) is 0. The molecule has 0 radical (unpaired) electrons. The van der Waals surface area contributed by atoms with Crippen LogP contribution in [-0.2, 0) is 15.5 Å². The highest BCUT2D eigenvalue weighted by Gasteiger charge is 2.18. The van der Waals surface area contributed by atoms with Gasteiger partial charge in [0.15, 0.2) is 0 Å². The van der Waals surface area contributed by atoms with Gasteiger partial charge in [0, 0.05) is 0 Å². The molecule has 88 valence electrons. The van der Waals surface area contributed by atoms with Crippen LogP contribution >= 0.6 is 55.3 Å². The lowest BCUT2D eigenvalue weighted by atomic mass is 10.1. The molecule has 1 rings (SSSR count). The summed E-state index contributed by atoms with van der Waals surface area (Å²) in [5.74, 6) is -0.613. The van der Waals surface area contributed by atoms with Crippen LogP contribution in [0, 0.1) is 0 Å². The number of hydrogen-bond donors (Lipinski definition) is 1. The van der Waals surface area contributed by atoms with Crippen molar-refractivity contribution >= 4 is 61.3 Å². The Hall–Kier alpha value is 0.0300. The lowest BCUT2D eigenvalue weighted by Gasteiger charge is -2.08. The first-order valence-electron chi connectivity index (χ1n) is 4.09. The van der Waals surface area contributed by atoms with E-state index in [2.05, 4.69) is 36.1 Å². The second-order valence-corrected chi connectivity index (χ2v) is 5.37. The minimum Gasteiger partial charge on any atom is -0.506 e. The van der Waals surface area contributed by atoms with E-state index < -0.39 is 11.3 Å². The normalized spacial score (nSPS) is 12.2. The van der Waals surface area contributed by atoms with Crippen LogP contribution in [-0.4, -0.2) is 16.5 Å². The quantitative estimate of drug-likeness (QED) is 0.796. The third-order valence-electron chi connectivity index (χ3n) is 1.82. The molecule has 1 N–H and O–H groups in total. The standard InChI is InChI=1S/C9H6Br2Cl2O3/c10-5-1-4(2-6(11)8(5)14)3-7(12)9(15)16-13/h1-2,7,14H,3H2. The van der Waals surface area contributed by atoms with E-state index in [9.17, 15) is 9.90 Å². The summed E-state index contributed by atoms with van der Waals surface area (Å²) in [4.78, 5) is 11.0. The van der Waals surface area contributed by atoms with Crippen molar-refractivity contribution in [3.05, 3.63) is 26.6 Å². The molecule has 3 nitrogen and oxygen atoms in total. The molecule has 0 saturated heterocycles. The lowest BCUT2D eigenvalue weighted by Crippen LogP contribution is -2.17. The summed E-state index contributed by atoms with van der Waals surface area (Å²) in [6.07, 6.45) is 0.255. The zero-order valence-corrected chi connectivity index (χ0v) is 12.4. The molecular weight excluding hydrogens is 387 g/mol. The van der Waals surface area contributed by atoms with Gasteiger partial charge in [-0.25, -0.2) is 4.79 Å². The number of rotatable bonds is 3. The van der Waals surface area contributed by atoms with Crippen LogP contribution in [0.1, 0.15) is 5.56 Å². The van der Waals surface area contributed by atoms with Crippen molar-refractivity contribution in [1.82, 2.24) is 0 Å². The van der Waals surface area contributed by atoms with Crippen LogP contribution in [0.15, 0.2) is 21.1 Å². The topological polar surface area (TPSA) is 46.5 Å². The van der Waals surface area contributed by atoms with Crippen LogP contribution < -0.4 is 0 Å². The van der Waals surface area contributed by atoms with E-state index in [0.29, 0.717) is 8.95 Å². The van der Waals surface area contributed by atoms with Crippen molar-refractivity contribution in [2.45, 2.75) is 11.8 Å². The fraction of sp³-hybridized carbons (Fsp3) is 0.222. The van der Waals surface area contributed by atoms with Crippen molar-refractivity contribution < 1.29 is 14.2 Å². The van der Waals surface area contributed by atoms with Gasteiger partial charge in [0.25, 0.3) is 0 Å². The van der Waals surface area contributed by atoms with Gasteiger partial charge in [-0.2, -0.15) is 0 Å². The molecule has 0 amide bonds. The number of hydrogen-bond acceptors (Lipinski definition) is 3. The third-order valence-corrected chi connectivity index (χ3v) is 3.52. The van der Waals surface area contributed by atoms with Gasteiger partial charge in [-0.05, 0) is 56.0 Å². The Balaban J connectivity index is 2.86. The second kappa shape index (κ2) is 6.10. The Morgan fingerprint density at radius 1 is 1.44 bits per heavy atom. The molecule has 0 aliphatic rings. The Kier molecular flexibility index (Phi) is 5.37.